The summed E-state index contributed by atoms with van der Waals surface area (Å²) in [4.78, 5) is 22.3. The molecule has 1 fully saturated rings. The molecule has 3 heterocycles. The van der Waals surface area contributed by atoms with Gasteiger partial charge in [0.15, 0.2) is 11.4 Å². The van der Waals surface area contributed by atoms with Crippen molar-refractivity contribution in [1.29, 1.82) is 0 Å². The Bertz CT molecular complexity index is 858. The number of amides is 1. The van der Waals surface area contributed by atoms with Crippen LogP contribution in [-0.2, 0) is 4.79 Å². The van der Waals surface area contributed by atoms with Gasteiger partial charge < -0.3 is 15.1 Å². The molecule has 0 aliphatic carbocycles. The molecule has 6 heteroatoms. The molecule has 3 aromatic rings. The maximum atomic E-state index is 11.5. The van der Waals surface area contributed by atoms with E-state index in [1.165, 1.54) is 0 Å². The predicted molar refractivity (Wildman–Crippen MR) is 83.4 cm³/mol. The fourth-order valence-corrected chi connectivity index (χ4v) is 3.14. The predicted octanol–water partition coefficient (Wildman–Crippen LogP) is 2.08. The monoisotopic (exact) mass is 296 g/mol. The van der Waals surface area contributed by atoms with Crippen molar-refractivity contribution in [3.63, 3.8) is 0 Å². The number of carbonyl (C=O) groups excluding carboxylic acids is 1. The number of benzene rings is 1. The van der Waals surface area contributed by atoms with E-state index in [-0.39, 0.29) is 11.8 Å². The van der Waals surface area contributed by atoms with Crippen LogP contribution in [0.2, 0.25) is 0 Å². The van der Waals surface area contributed by atoms with E-state index >= 15 is 0 Å². The third kappa shape index (κ3) is 1.99. The molecule has 112 valence electrons. The van der Waals surface area contributed by atoms with Gasteiger partial charge in [-0.25, -0.2) is 9.97 Å². The van der Waals surface area contributed by atoms with Gasteiger partial charge in [-0.15, -0.1) is 0 Å². The van der Waals surface area contributed by atoms with Crippen LogP contribution in [0.25, 0.3) is 22.1 Å². The molecule has 1 aromatic carbocycles. The van der Waals surface area contributed by atoms with E-state index in [2.05, 4.69) is 14.9 Å². The van der Waals surface area contributed by atoms with E-state index in [0.29, 0.717) is 12.1 Å². The van der Waals surface area contributed by atoms with E-state index in [9.17, 15) is 4.79 Å². The summed E-state index contributed by atoms with van der Waals surface area (Å²) in [5.41, 5.74) is 7.74. The van der Waals surface area contributed by atoms with Crippen molar-refractivity contribution in [3.05, 3.63) is 30.6 Å². The summed E-state index contributed by atoms with van der Waals surface area (Å²) < 4.78 is 5.95. The molecule has 6 nitrogen and oxygen atoms in total. The van der Waals surface area contributed by atoms with Gasteiger partial charge in [0, 0.05) is 18.5 Å². The van der Waals surface area contributed by atoms with Gasteiger partial charge in [0.1, 0.15) is 17.4 Å². The Hall–Kier alpha value is -2.63. The molecule has 0 bridgehead atoms. The Balaban J connectivity index is 1.83. The molecule has 0 unspecified atom stereocenters. The third-order valence-corrected chi connectivity index (χ3v) is 4.26. The zero-order valence-corrected chi connectivity index (χ0v) is 12.0. The zero-order valence-electron chi connectivity index (χ0n) is 12.0. The molecule has 22 heavy (non-hydrogen) atoms. The summed E-state index contributed by atoms with van der Waals surface area (Å²) in [6.45, 7) is 1.42. The molecule has 1 saturated heterocycles. The van der Waals surface area contributed by atoms with Crippen molar-refractivity contribution in [2.24, 2.45) is 11.7 Å². The first-order valence-corrected chi connectivity index (χ1v) is 7.40. The third-order valence-electron chi connectivity index (χ3n) is 4.26. The molecule has 1 aliphatic heterocycles. The highest BCUT2D eigenvalue weighted by molar-refractivity contribution is 6.05. The normalized spacial score (nSPS) is 18.9. The van der Waals surface area contributed by atoms with Crippen LogP contribution in [0.15, 0.2) is 35.0 Å². The molecule has 1 atom stereocenters. The highest BCUT2D eigenvalue weighted by Crippen LogP contribution is 2.33. The number of fused-ring (bicyclic) bond motifs is 3. The van der Waals surface area contributed by atoms with E-state index in [0.717, 1.165) is 41.7 Å². The number of hydrogen-bond acceptors (Lipinski definition) is 5. The maximum absolute atomic E-state index is 11.5. The van der Waals surface area contributed by atoms with Gasteiger partial charge in [-0.3, -0.25) is 4.79 Å². The van der Waals surface area contributed by atoms with Crippen LogP contribution in [0.1, 0.15) is 12.8 Å². The number of nitrogens with zero attached hydrogens (tertiary/aromatic N) is 3. The summed E-state index contributed by atoms with van der Waals surface area (Å²) in [5.74, 6) is 0.356. The van der Waals surface area contributed by atoms with Crippen LogP contribution < -0.4 is 10.6 Å². The average Bonchev–Trinajstić information content (AvgIpc) is 2.93. The van der Waals surface area contributed by atoms with Crippen LogP contribution in [0.3, 0.4) is 0 Å². The fraction of sp³-hybridized carbons (Fsp3) is 0.312. The van der Waals surface area contributed by atoms with Crippen LogP contribution in [-0.4, -0.2) is 29.0 Å². The Labute approximate surface area is 126 Å². The number of aromatic nitrogens is 2. The van der Waals surface area contributed by atoms with Crippen molar-refractivity contribution >= 4 is 33.8 Å². The van der Waals surface area contributed by atoms with Crippen molar-refractivity contribution in [1.82, 2.24) is 9.97 Å². The first-order chi connectivity index (χ1) is 10.7. The Morgan fingerprint density at radius 2 is 2.18 bits per heavy atom. The smallest absolute Gasteiger partial charge is 0.222 e. The van der Waals surface area contributed by atoms with Gasteiger partial charge in [-0.2, -0.15) is 0 Å². The number of nitrogens with two attached hydrogens (primary N) is 1. The SMILES string of the molecule is NC(=O)[C@@H]1CCCN(c2ncnc3c2oc2ccccc23)C1. The van der Waals surface area contributed by atoms with Crippen LogP contribution in [0.4, 0.5) is 5.82 Å². The molecule has 1 amide bonds. The minimum Gasteiger partial charge on any atom is -0.450 e. The fourth-order valence-electron chi connectivity index (χ4n) is 3.14. The minimum absolute atomic E-state index is 0.136. The van der Waals surface area contributed by atoms with Gasteiger partial charge >= 0.3 is 0 Å². The Kier molecular flexibility index (Phi) is 2.96. The van der Waals surface area contributed by atoms with Crippen LogP contribution in [0.5, 0.6) is 0 Å². The molecule has 2 aromatic heterocycles. The molecule has 0 spiro atoms. The number of hydrogen-bond donors (Lipinski definition) is 1. The number of primary amides is 1. The topological polar surface area (TPSA) is 85.3 Å². The largest absolute Gasteiger partial charge is 0.450 e. The van der Waals surface area contributed by atoms with Gasteiger partial charge in [0.25, 0.3) is 0 Å². The lowest BCUT2D eigenvalue weighted by molar-refractivity contribution is -0.122. The van der Waals surface area contributed by atoms with Crippen molar-refractivity contribution in [2.75, 3.05) is 18.0 Å². The van der Waals surface area contributed by atoms with E-state index in [1.807, 2.05) is 24.3 Å². The number of rotatable bonds is 2. The number of para-hydroxylation sites is 1. The first-order valence-electron chi connectivity index (χ1n) is 7.40. The molecule has 0 saturated carbocycles. The number of piperidine rings is 1. The van der Waals surface area contributed by atoms with Crippen LogP contribution in [0, 0.1) is 5.92 Å². The molecule has 2 N–H and O–H groups in total. The number of carbonyl (C=O) groups is 1. The minimum atomic E-state index is -0.250. The molecular weight excluding hydrogens is 280 g/mol. The summed E-state index contributed by atoms with van der Waals surface area (Å²) >= 11 is 0. The summed E-state index contributed by atoms with van der Waals surface area (Å²) in [6, 6.07) is 7.80. The second-order valence-electron chi connectivity index (χ2n) is 5.66. The summed E-state index contributed by atoms with van der Waals surface area (Å²) in [7, 11) is 0. The molecule has 0 radical (unpaired) electrons. The quantitative estimate of drug-likeness (QED) is 0.782. The van der Waals surface area contributed by atoms with Crippen molar-refractivity contribution < 1.29 is 9.21 Å². The zero-order chi connectivity index (χ0) is 15.1. The second-order valence-corrected chi connectivity index (χ2v) is 5.66. The Morgan fingerprint density at radius 3 is 3.05 bits per heavy atom. The highest BCUT2D eigenvalue weighted by atomic mass is 16.3. The standard InChI is InChI=1S/C16H16N4O2/c17-15(21)10-4-3-7-20(8-10)16-14-13(18-9-19-16)11-5-1-2-6-12(11)22-14/h1-2,5-6,9-10H,3-4,7-8H2,(H2,17,21)/t10-/m1/s1. The number of anilines is 1. The van der Waals surface area contributed by atoms with Gasteiger partial charge in [-0.05, 0) is 25.0 Å². The van der Waals surface area contributed by atoms with Gasteiger partial charge in [-0.1, -0.05) is 12.1 Å². The lowest BCUT2D eigenvalue weighted by atomic mass is 9.97. The molecular formula is C16H16N4O2. The van der Waals surface area contributed by atoms with Crippen molar-refractivity contribution in [3.8, 4) is 0 Å². The van der Waals surface area contributed by atoms with E-state index in [1.54, 1.807) is 6.33 Å². The lowest BCUT2D eigenvalue weighted by Crippen LogP contribution is -2.41. The van der Waals surface area contributed by atoms with E-state index < -0.39 is 0 Å². The molecule has 1 aliphatic rings. The highest BCUT2D eigenvalue weighted by Gasteiger charge is 2.27. The lowest BCUT2D eigenvalue weighted by Gasteiger charge is -2.31. The average molecular weight is 296 g/mol. The second kappa shape index (κ2) is 4.98. The number of furan rings is 1. The summed E-state index contributed by atoms with van der Waals surface area (Å²) in [5, 5.41) is 0.976. The van der Waals surface area contributed by atoms with E-state index in [4.69, 9.17) is 10.2 Å². The van der Waals surface area contributed by atoms with Gasteiger partial charge in [0.2, 0.25) is 5.91 Å². The van der Waals surface area contributed by atoms with Crippen LogP contribution >= 0.6 is 0 Å². The maximum Gasteiger partial charge on any atom is 0.222 e. The molecule has 4 rings (SSSR count). The summed E-state index contributed by atoms with van der Waals surface area (Å²) in [6.07, 6.45) is 3.30. The van der Waals surface area contributed by atoms with Gasteiger partial charge in [0.05, 0.1) is 5.92 Å². The Morgan fingerprint density at radius 1 is 1.32 bits per heavy atom. The van der Waals surface area contributed by atoms with Crippen molar-refractivity contribution in [2.45, 2.75) is 12.8 Å². The first kappa shape index (κ1) is 13.1.